The molecule has 1 N–H and O–H groups in total. The van der Waals surface area contributed by atoms with Crippen molar-refractivity contribution in [3.8, 4) is 11.3 Å². The molecule has 0 aliphatic carbocycles. The van der Waals surface area contributed by atoms with Gasteiger partial charge in [-0.25, -0.2) is 4.98 Å². The number of anilines is 1. The van der Waals surface area contributed by atoms with Gasteiger partial charge in [0.2, 0.25) is 11.8 Å². The van der Waals surface area contributed by atoms with Gasteiger partial charge in [0.25, 0.3) is 0 Å². The molecular formula is C23H19ClN4O2S. The number of benzene rings is 2. The van der Waals surface area contributed by atoms with E-state index in [-0.39, 0.29) is 24.2 Å². The van der Waals surface area contributed by atoms with Gasteiger partial charge in [-0.15, -0.1) is 11.3 Å². The van der Waals surface area contributed by atoms with E-state index >= 15 is 0 Å². The molecule has 1 saturated heterocycles. The summed E-state index contributed by atoms with van der Waals surface area (Å²) >= 11 is 7.79. The Kier molecular flexibility index (Phi) is 5.21. The Morgan fingerprint density at radius 3 is 2.77 bits per heavy atom. The molecule has 1 unspecified atom stereocenters. The number of nitrogens with one attached hydrogen (secondary N) is 1. The first-order chi connectivity index (χ1) is 15.1. The van der Waals surface area contributed by atoms with E-state index in [9.17, 15) is 9.59 Å². The van der Waals surface area contributed by atoms with Crippen LogP contribution in [0.1, 0.15) is 12.0 Å². The van der Waals surface area contributed by atoms with Gasteiger partial charge in [-0.1, -0.05) is 41.9 Å². The topological polar surface area (TPSA) is 66.7 Å². The predicted octanol–water partition coefficient (Wildman–Crippen LogP) is 4.70. The largest absolute Gasteiger partial charge is 0.337 e. The molecule has 1 aliphatic heterocycles. The van der Waals surface area contributed by atoms with Gasteiger partial charge in [0.15, 0.2) is 4.96 Å². The smallest absolute Gasteiger partial charge is 0.229 e. The van der Waals surface area contributed by atoms with Crippen LogP contribution >= 0.6 is 22.9 Å². The Bertz CT molecular complexity index is 1240. The standard InChI is InChI=1S/C23H19ClN4O2S/c24-19-4-2-1-3-16(19)12-28-13-17(11-21(28)29)22(30)25-18-7-5-15(6-8-18)20-14-27-9-10-31-23(27)26-20/h1-10,14,17H,11-13H2,(H,25,30). The summed E-state index contributed by atoms with van der Waals surface area (Å²) in [6.07, 6.45) is 4.17. The molecule has 0 spiro atoms. The summed E-state index contributed by atoms with van der Waals surface area (Å²) in [4.78, 5) is 32.4. The first kappa shape index (κ1) is 19.8. The van der Waals surface area contributed by atoms with Crippen LogP contribution in [0.5, 0.6) is 0 Å². The molecule has 4 aromatic rings. The maximum Gasteiger partial charge on any atom is 0.229 e. The summed E-state index contributed by atoms with van der Waals surface area (Å²) in [7, 11) is 0. The molecule has 0 saturated carbocycles. The van der Waals surface area contributed by atoms with Gasteiger partial charge in [0.05, 0.1) is 11.6 Å². The lowest BCUT2D eigenvalue weighted by Gasteiger charge is -2.17. The highest BCUT2D eigenvalue weighted by molar-refractivity contribution is 7.15. The minimum atomic E-state index is -0.380. The molecule has 6 nitrogen and oxygen atoms in total. The number of thiazole rings is 1. The number of carbonyl (C=O) groups excluding carboxylic acids is 2. The predicted molar refractivity (Wildman–Crippen MR) is 122 cm³/mol. The third kappa shape index (κ3) is 4.06. The zero-order valence-corrected chi connectivity index (χ0v) is 18.1. The van der Waals surface area contributed by atoms with Crippen molar-refractivity contribution in [2.75, 3.05) is 11.9 Å². The zero-order valence-electron chi connectivity index (χ0n) is 16.5. The fourth-order valence-corrected chi connectivity index (χ4v) is 4.66. The van der Waals surface area contributed by atoms with Crippen LogP contribution < -0.4 is 5.32 Å². The fourth-order valence-electron chi connectivity index (χ4n) is 3.77. The van der Waals surface area contributed by atoms with E-state index in [0.29, 0.717) is 23.8 Å². The lowest BCUT2D eigenvalue weighted by Crippen LogP contribution is -2.28. The maximum atomic E-state index is 12.7. The molecule has 0 bridgehead atoms. The van der Waals surface area contributed by atoms with Gasteiger partial charge < -0.3 is 10.2 Å². The lowest BCUT2D eigenvalue weighted by atomic mass is 10.1. The van der Waals surface area contributed by atoms with E-state index in [1.54, 1.807) is 22.3 Å². The van der Waals surface area contributed by atoms with Crippen molar-refractivity contribution >= 4 is 45.4 Å². The van der Waals surface area contributed by atoms with Crippen molar-refractivity contribution in [3.63, 3.8) is 0 Å². The molecular weight excluding hydrogens is 432 g/mol. The first-order valence-corrected chi connectivity index (χ1v) is 11.2. The van der Waals surface area contributed by atoms with Crippen LogP contribution in [0.3, 0.4) is 0 Å². The molecule has 5 rings (SSSR count). The fraction of sp³-hybridized carbons (Fsp3) is 0.174. The van der Waals surface area contributed by atoms with Crippen molar-refractivity contribution in [3.05, 3.63) is 76.9 Å². The summed E-state index contributed by atoms with van der Waals surface area (Å²) < 4.78 is 1.99. The molecule has 0 radical (unpaired) electrons. The van der Waals surface area contributed by atoms with Crippen LogP contribution in [0.15, 0.2) is 66.3 Å². The number of hydrogen-bond acceptors (Lipinski definition) is 4. The third-order valence-corrected chi connectivity index (χ3v) is 6.59. The first-order valence-electron chi connectivity index (χ1n) is 9.91. The van der Waals surface area contributed by atoms with E-state index in [4.69, 9.17) is 11.6 Å². The molecule has 2 aromatic carbocycles. The van der Waals surface area contributed by atoms with Crippen LogP contribution in [0.25, 0.3) is 16.2 Å². The second kappa shape index (κ2) is 8.17. The minimum absolute atomic E-state index is 0.0323. The molecule has 156 valence electrons. The maximum absolute atomic E-state index is 12.7. The van der Waals surface area contributed by atoms with Gasteiger partial charge in [0, 0.05) is 53.6 Å². The van der Waals surface area contributed by atoms with Gasteiger partial charge >= 0.3 is 0 Å². The normalized spacial score (nSPS) is 16.2. The molecule has 1 atom stereocenters. The van der Waals surface area contributed by atoms with E-state index < -0.39 is 0 Å². The van der Waals surface area contributed by atoms with E-state index in [1.807, 2.05) is 64.6 Å². The SMILES string of the molecule is O=C(Nc1ccc(-c2cn3ccsc3n2)cc1)C1CC(=O)N(Cc2ccccc2Cl)C1. The number of carbonyl (C=O) groups is 2. The Labute approximate surface area is 188 Å². The van der Waals surface area contributed by atoms with Crippen molar-refractivity contribution in [1.29, 1.82) is 0 Å². The number of halogens is 1. The summed E-state index contributed by atoms with van der Waals surface area (Å²) in [5.74, 6) is -0.560. The van der Waals surface area contributed by atoms with Crippen LogP contribution in [0.4, 0.5) is 5.69 Å². The van der Waals surface area contributed by atoms with E-state index in [2.05, 4.69) is 10.3 Å². The van der Waals surface area contributed by atoms with E-state index in [1.165, 1.54) is 0 Å². The third-order valence-electron chi connectivity index (χ3n) is 5.45. The zero-order chi connectivity index (χ0) is 21.4. The van der Waals surface area contributed by atoms with Crippen molar-refractivity contribution < 1.29 is 9.59 Å². The number of aromatic nitrogens is 2. The Morgan fingerprint density at radius 2 is 2.00 bits per heavy atom. The number of imidazole rings is 1. The number of likely N-dealkylation sites (tertiary alicyclic amines) is 1. The molecule has 1 fully saturated rings. The van der Waals surface area contributed by atoms with Crippen molar-refractivity contribution in [1.82, 2.24) is 14.3 Å². The van der Waals surface area contributed by atoms with Gasteiger partial charge in [-0.3, -0.25) is 14.0 Å². The van der Waals surface area contributed by atoms with Crippen molar-refractivity contribution in [2.24, 2.45) is 5.92 Å². The molecule has 1 aliphatic rings. The van der Waals surface area contributed by atoms with Crippen LogP contribution in [-0.4, -0.2) is 32.6 Å². The summed E-state index contributed by atoms with van der Waals surface area (Å²) in [6, 6.07) is 15.0. The van der Waals surface area contributed by atoms with Gasteiger partial charge in [-0.05, 0) is 23.8 Å². The average molecular weight is 451 g/mol. The van der Waals surface area contributed by atoms with E-state index in [0.717, 1.165) is 21.8 Å². The summed E-state index contributed by atoms with van der Waals surface area (Å²) in [6.45, 7) is 0.804. The average Bonchev–Trinajstić information content (AvgIpc) is 3.46. The van der Waals surface area contributed by atoms with Gasteiger partial charge in [0.1, 0.15) is 0 Å². The van der Waals surface area contributed by atoms with Crippen LogP contribution in [0, 0.1) is 5.92 Å². The molecule has 8 heteroatoms. The number of amides is 2. The second-order valence-electron chi connectivity index (χ2n) is 7.55. The molecule has 2 amide bonds. The molecule has 2 aromatic heterocycles. The summed E-state index contributed by atoms with van der Waals surface area (Å²) in [5.41, 5.74) is 3.46. The number of fused-ring (bicyclic) bond motifs is 1. The highest BCUT2D eigenvalue weighted by Gasteiger charge is 2.34. The Balaban J connectivity index is 1.22. The number of nitrogens with zero attached hydrogens (tertiary/aromatic N) is 3. The highest BCUT2D eigenvalue weighted by atomic mass is 35.5. The Hall–Kier alpha value is -3.16. The van der Waals surface area contributed by atoms with Crippen LogP contribution in [-0.2, 0) is 16.1 Å². The Morgan fingerprint density at radius 1 is 1.19 bits per heavy atom. The molecule has 3 heterocycles. The highest BCUT2D eigenvalue weighted by Crippen LogP contribution is 2.26. The second-order valence-corrected chi connectivity index (χ2v) is 8.83. The quantitative estimate of drug-likeness (QED) is 0.479. The van der Waals surface area contributed by atoms with Crippen LogP contribution in [0.2, 0.25) is 5.02 Å². The lowest BCUT2D eigenvalue weighted by molar-refractivity contribution is -0.128. The number of hydrogen-bond donors (Lipinski definition) is 1. The molecule has 31 heavy (non-hydrogen) atoms. The summed E-state index contributed by atoms with van der Waals surface area (Å²) in [5, 5.41) is 5.55. The van der Waals surface area contributed by atoms with Gasteiger partial charge in [-0.2, -0.15) is 0 Å². The number of rotatable bonds is 5. The monoisotopic (exact) mass is 450 g/mol. The minimum Gasteiger partial charge on any atom is -0.337 e. The van der Waals surface area contributed by atoms with Crippen molar-refractivity contribution in [2.45, 2.75) is 13.0 Å².